The van der Waals surface area contributed by atoms with Crippen LogP contribution in [0, 0.1) is 0 Å². The Morgan fingerprint density at radius 2 is 2.12 bits per heavy atom. The lowest BCUT2D eigenvalue weighted by molar-refractivity contribution is -0.120. The van der Waals surface area contributed by atoms with Crippen LogP contribution >= 0.6 is 0 Å². The first-order valence-corrected chi connectivity index (χ1v) is 5.65. The summed E-state index contributed by atoms with van der Waals surface area (Å²) in [4.78, 5) is 11.4. The standard InChI is InChI=1S/C13H15N3O/c1-2-14-13(17)8-11-9-15-16(10-11)12-6-4-3-5-7-12/h3-7,9-10H,2,8H2,1H3,(H,14,17). The molecule has 1 aromatic heterocycles. The fourth-order valence-electron chi connectivity index (χ4n) is 1.62. The van der Waals surface area contributed by atoms with Crippen molar-refractivity contribution >= 4 is 5.91 Å². The Morgan fingerprint density at radius 1 is 1.35 bits per heavy atom. The third-order valence-corrected chi connectivity index (χ3v) is 2.40. The minimum Gasteiger partial charge on any atom is -0.356 e. The van der Waals surface area contributed by atoms with Crippen LogP contribution in [0.4, 0.5) is 0 Å². The molecule has 0 aliphatic carbocycles. The molecule has 1 heterocycles. The van der Waals surface area contributed by atoms with Gasteiger partial charge < -0.3 is 5.32 Å². The summed E-state index contributed by atoms with van der Waals surface area (Å²) >= 11 is 0. The maximum Gasteiger partial charge on any atom is 0.224 e. The lowest BCUT2D eigenvalue weighted by Gasteiger charge is -2.00. The third-order valence-electron chi connectivity index (χ3n) is 2.40. The molecule has 1 N–H and O–H groups in total. The summed E-state index contributed by atoms with van der Waals surface area (Å²) in [6.07, 6.45) is 3.98. The number of amides is 1. The van der Waals surface area contributed by atoms with Crippen LogP contribution < -0.4 is 5.32 Å². The van der Waals surface area contributed by atoms with Gasteiger partial charge in [-0.25, -0.2) is 4.68 Å². The minimum absolute atomic E-state index is 0.0279. The van der Waals surface area contributed by atoms with Crippen molar-refractivity contribution in [3.05, 3.63) is 48.3 Å². The average molecular weight is 229 g/mol. The van der Waals surface area contributed by atoms with E-state index in [0.717, 1.165) is 11.3 Å². The fourth-order valence-corrected chi connectivity index (χ4v) is 1.62. The highest BCUT2D eigenvalue weighted by Gasteiger charge is 2.05. The second kappa shape index (κ2) is 5.30. The van der Waals surface area contributed by atoms with Crippen molar-refractivity contribution in [3.8, 4) is 5.69 Å². The Kier molecular flexibility index (Phi) is 3.55. The van der Waals surface area contributed by atoms with E-state index in [0.29, 0.717) is 13.0 Å². The maximum absolute atomic E-state index is 11.4. The molecule has 1 amide bonds. The van der Waals surface area contributed by atoms with Crippen LogP contribution in [0.2, 0.25) is 0 Å². The maximum atomic E-state index is 11.4. The molecule has 17 heavy (non-hydrogen) atoms. The number of nitrogens with one attached hydrogen (secondary N) is 1. The molecule has 2 rings (SSSR count). The molecular formula is C13H15N3O. The second-order valence-electron chi connectivity index (χ2n) is 3.76. The number of rotatable bonds is 4. The molecule has 1 aromatic carbocycles. The smallest absolute Gasteiger partial charge is 0.224 e. The highest BCUT2D eigenvalue weighted by atomic mass is 16.1. The summed E-state index contributed by atoms with van der Waals surface area (Å²) in [6, 6.07) is 9.83. The van der Waals surface area contributed by atoms with Gasteiger partial charge >= 0.3 is 0 Å². The first kappa shape index (κ1) is 11.4. The van der Waals surface area contributed by atoms with Gasteiger partial charge in [0, 0.05) is 12.7 Å². The van der Waals surface area contributed by atoms with Gasteiger partial charge in [0.15, 0.2) is 0 Å². The molecule has 0 atom stereocenters. The van der Waals surface area contributed by atoms with Crippen LogP contribution in [0.15, 0.2) is 42.7 Å². The number of hydrogen-bond acceptors (Lipinski definition) is 2. The highest BCUT2D eigenvalue weighted by molar-refractivity contribution is 5.78. The van der Waals surface area contributed by atoms with Crippen LogP contribution in [0.5, 0.6) is 0 Å². The molecule has 0 aliphatic heterocycles. The minimum atomic E-state index is 0.0279. The summed E-state index contributed by atoms with van der Waals surface area (Å²) < 4.78 is 1.77. The van der Waals surface area contributed by atoms with E-state index >= 15 is 0 Å². The zero-order valence-corrected chi connectivity index (χ0v) is 9.76. The van der Waals surface area contributed by atoms with Crippen LogP contribution in [-0.2, 0) is 11.2 Å². The van der Waals surface area contributed by atoms with Crippen LogP contribution in [0.3, 0.4) is 0 Å². The van der Waals surface area contributed by atoms with Crippen molar-refractivity contribution in [1.82, 2.24) is 15.1 Å². The van der Waals surface area contributed by atoms with E-state index in [-0.39, 0.29) is 5.91 Å². The van der Waals surface area contributed by atoms with Crippen molar-refractivity contribution in [3.63, 3.8) is 0 Å². The van der Waals surface area contributed by atoms with Crippen molar-refractivity contribution in [1.29, 1.82) is 0 Å². The van der Waals surface area contributed by atoms with Crippen molar-refractivity contribution in [2.75, 3.05) is 6.54 Å². The number of nitrogens with zero attached hydrogens (tertiary/aromatic N) is 2. The zero-order valence-electron chi connectivity index (χ0n) is 9.76. The van der Waals surface area contributed by atoms with E-state index in [9.17, 15) is 4.79 Å². The molecule has 0 radical (unpaired) electrons. The van der Waals surface area contributed by atoms with Gasteiger partial charge in [-0.05, 0) is 24.6 Å². The van der Waals surface area contributed by atoms with Gasteiger partial charge in [0.1, 0.15) is 0 Å². The first-order valence-electron chi connectivity index (χ1n) is 5.65. The van der Waals surface area contributed by atoms with E-state index in [2.05, 4.69) is 10.4 Å². The number of para-hydroxylation sites is 1. The molecule has 0 bridgehead atoms. The second-order valence-corrected chi connectivity index (χ2v) is 3.76. The van der Waals surface area contributed by atoms with Gasteiger partial charge in [-0.2, -0.15) is 5.10 Å². The Bertz CT molecular complexity index is 490. The molecule has 0 saturated heterocycles. The van der Waals surface area contributed by atoms with E-state index < -0.39 is 0 Å². The molecule has 2 aromatic rings. The summed E-state index contributed by atoms with van der Waals surface area (Å²) in [5.41, 5.74) is 1.91. The normalized spacial score (nSPS) is 10.2. The molecule has 0 aliphatic rings. The van der Waals surface area contributed by atoms with Crippen LogP contribution in [-0.4, -0.2) is 22.2 Å². The Morgan fingerprint density at radius 3 is 2.82 bits per heavy atom. The number of likely N-dealkylation sites (N-methyl/N-ethyl adjacent to an activating group) is 1. The van der Waals surface area contributed by atoms with Gasteiger partial charge in [-0.15, -0.1) is 0 Å². The topological polar surface area (TPSA) is 46.9 Å². The zero-order chi connectivity index (χ0) is 12.1. The van der Waals surface area contributed by atoms with Crippen molar-refractivity contribution in [2.45, 2.75) is 13.3 Å². The van der Waals surface area contributed by atoms with E-state index in [4.69, 9.17) is 0 Å². The van der Waals surface area contributed by atoms with E-state index in [1.165, 1.54) is 0 Å². The van der Waals surface area contributed by atoms with Gasteiger partial charge in [-0.3, -0.25) is 4.79 Å². The van der Waals surface area contributed by atoms with Gasteiger partial charge in [0.05, 0.1) is 18.3 Å². The lowest BCUT2D eigenvalue weighted by Crippen LogP contribution is -2.24. The predicted octanol–water partition coefficient (Wildman–Crippen LogP) is 1.55. The number of carbonyl (C=O) groups excluding carboxylic acids is 1. The average Bonchev–Trinajstić information content (AvgIpc) is 2.79. The Balaban J connectivity index is 2.09. The lowest BCUT2D eigenvalue weighted by atomic mass is 10.2. The molecule has 0 unspecified atom stereocenters. The van der Waals surface area contributed by atoms with E-state index in [1.54, 1.807) is 10.9 Å². The number of hydrogen-bond donors (Lipinski definition) is 1. The molecular weight excluding hydrogens is 214 g/mol. The third kappa shape index (κ3) is 2.93. The summed E-state index contributed by atoms with van der Waals surface area (Å²) in [5.74, 6) is 0.0279. The SMILES string of the molecule is CCNC(=O)Cc1cnn(-c2ccccc2)c1. The Hall–Kier alpha value is -2.10. The number of benzene rings is 1. The summed E-state index contributed by atoms with van der Waals surface area (Å²) in [5, 5.41) is 7.00. The van der Waals surface area contributed by atoms with E-state index in [1.807, 2.05) is 43.5 Å². The van der Waals surface area contributed by atoms with Gasteiger partial charge in [-0.1, -0.05) is 18.2 Å². The largest absolute Gasteiger partial charge is 0.356 e. The Labute approximate surface area is 100 Å². The molecule has 0 fully saturated rings. The molecule has 4 heteroatoms. The van der Waals surface area contributed by atoms with Crippen LogP contribution in [0.1, 0.15) is 12.5 Å². The molecule has 4 nitrogen and oxygen atoms in total. The first-order chi connectivity index (χ1) is 8.29. The van der Waals surface area contributed by atoms with Crippen molar-refractivity contribution in [2.24, 2.45) is 0 Å². The molecule has 0 saturated carbocycles. The fraction of sp³-hybridized carbons (Fsp3) is 0.231. The predicted molar refractivity (Wildman–Crippen MR) is 66.0 cm³/mol. The monoisotopic (exact) mass is 229 g/mol. The summed E-state index contributed by atoms with van der Waals surface area (Å²) in [7, 11) is 0. The number of aromatic nitrogens is 2. The molecule has 88 valence electrons. The molecule has 0 spiro atoms. The van der Waals surface area contributed by atoms with Gasteiger partial charge in [0.25, 0.3) is 0 Å². The quantitative estimate of drug-likeness (QED) is 0.864. The highest BCUT2D eigenvalue weighted by Crippen LogP contribution is 2.07. The number of carbonyl (C=O) groups is 1. The summed E-state index contributed by atoms with van der Waals surface area (Å²) in [6.45, 7) is 2.57. The van der Waals surface area contributed by atoms with Gasteiger partial charge in [0.2, 0.25) is 5.91 Å². The van der Waals surface area contributed by atoms with Crippen molar-refractivity contribution < 1.29 is 4.79 Å². The van der Waals surface area contributed by atoms with Crippen LogP contribution in [0.25, 0.3) is 5.69 Å².